The Kier molecular flexibility index (Phi) is 13.2. The van der Waals surface area contributed by atoms with E-state index in [1.54, 1.807) is 19.2 Å². The molecule has 0 N–H and O–H groups in total. The van der Waals surface area contributed by atoms with Gasteiger partial charge >= 0.3 is 232 Å². The van der Waals surface area contributed by atoms with Crippen molar-refractivity contribution in [2.24, 2.45) is 0 Å². The first-order valence-electron chi connectivity index (χ1n) is 13.8. The van der Waals surface area contributed by atoms with Crippen molar-refractivity contribution >= 4 is 25.2 Å². The topological polar surface area (TPSA) is 61.8 Å². The molecule has 0 amide bonds. The summed E-state index contributed by atoms with van der Waals surface area (Å²) in [4.78, 5) is 25.5. The van der Waals surface area contributed by atoms with Crippen molar-refractivity contribution in [3.05, 3.63) is 95.1 Å². The van der Waals surface area contributed by atoms with E-state index in [0.29, 0.717) is 22.3 Å². The van der Waals surface area contributed by atoms with Gasteiger partial charge in [0.25, 0.3) is 0 Å². The van der Waals surface area contributed by atoms with Crippen LogP contribution in [0.4, 0.5) is 0 Å². The molecule has 1 atom stereocenters. The zero-order valence-corrected chi connectivity index (χ0v) is 25.4. The number of unbranched alkanes of at least 4 members (excludes halogenated alkanes) is 4. The van der Waals surface area contributed by atoms with Crippen molar-refractivity contribution in [3.63, 3.8) is 0 Å². The third kappa shape index (κ3) is 9.89. The molecule has 5 nitrogen and oxygen atoms in total. The fourth-order valence-corrected chi connectivity index (χ4v) is 9.25. The summed E-state index contributed by atoms with van der Waals surface area (Å²) >= 11 is -1.69. The predicted octanol–water partition coefficient (Wildman–Crippen LogP) is 7.42. The number of hydrogen-bond donors (Lipinski definition) is 0. The van der Waals surface area contributed by atoms with Gasteiger partial charge in [0, 0.05) is 0 Å². The molecule has 0 saturated carbocycles. The molecule has 0 aliphatic heterocycles. The van der Waals surface area contributed by atoms with Gasteiger partial charge in [-0.05, 0) is 0 Å². The van der Waals surface area contributed by atoms with Gasteiger partial charge in [-0.1, -0.05) is 0 Å². The Balaban J connectivity index is 1.59. The van der Waals surface area contributed by atoms with Crippen LogP contribution in [0.1, 0.15) is 66.1 Å². The Morgan fingerprint density at radius 2 is 1.46 bits per heavy atom. The minimum absolute atomic E-state index is 0.264. The first kappa shape index (κ1) is 30.5. The van der Waals surface area contributed by atoms with Crippen LogP contribution in [-0.4, -0.2) is 39.4 Å². The molecule has 3 aromatic carbocycles. The number of aryl methyl sites for hydroxylation is 1. The molecular formula is C33H41AsO5. The summed E-state index contributed by atoms with van der Waals surface area (Å²) in [5.74, 6) is 1.23. The quantitative estimate of drug-likeness (QED) is 0.0928. The van der Waals surface area contributed by atoms with Crippen LogP contribution in [0.15, 0.2) is 72.8 Å². The molecule has 3 aromatic rings. The van der Waals surface area contributed by atoms with Gasteiger partial charge in [0.2, 0.25) is 0 Å². The molecular weight excluding hydrogens is 551 g/mol. The normalized spacial score (nSPS) is 11.6. The number of rotatable bonds is 17. The van der Waals surface area contributed by atoms with Crippen LogP contribution in [0.25, 0.3) is 0 Å². The number of hydrogen-bond acceptors (Lipinski definition) is 5. The standard InChI is InChI=1S/C33H41AsO5/c1-4-5-6-7-12-22-34(23-21-27-13-9-11-16-31(27)37-2)32(35)24-26-17-19-29(20-18-26)39-25-28-14-8-10-15-30(28)33(36)38-3/h8-11,13-20H,4-7,12,21-25H2,1-3H3. The average Bonchev–Trinajstić information content (AvgIpc) is 2.98. The van der Waals surface area contributed by atoms with Crippen molar-refractivity contribution in [2.45, 2.75) is 68.9 Å². The predicted molar refractivity (Wildman–Crippen MR) is 158 cm³/mol. The van der Waals surface area contributed by atoms with Crippen LogP contribution in [-0.2, 0) is 29.0 Å². The van der Waals surface area contributed by atoms with Crippen molar-refractivity contribution in [1.82, 2.24) is 0 Å². The first-order chi connectivity index (χ1) is 19.0. The van der Waals surface area contributed by atoms with Crippen LogP contribution in [0.2, 0.25) is 10.4 Å². The summed E-state index contributed by atoms with van der Waals surface area (Å²) in [6, 6.07) is 23.2. The number of para-hydroxylation sites is 1. The van der Waals surface area contributed by atoms with Crippen LogP contribution in [0.5, 0.6) is 11.5 Å². The summed E-state index contributed by atoms with van der Waals surface area (Å²) in [5.41, 5.74) is 3.48. The molecule has 0 bridgehead atoms. The molecule has 0 heterocycles. The van der Waals surface area contributed by atoms with E-state index in [1.165, 1.54) is 38.4 Å². The van der Waals surface area contributed by atoms with Crippen LogP contribution >= 0.6 is 0 Å². The zero-order valence-electron chi connectivity index (χ0n) is 23.5. The molecule has 0 radical (unpaired) electrons. The maximum atomic E-state index is 13.5. The van der Waals surface area contributed by atoms with E-state index >= 15 is 0 Å². The van der Waals surface area contributed by atoms with Gasteiger partial charge in [-0.3, -0.25) is 0 Å². The van der Waals surface area contributed by atoms with Crippen LogP contribution in [0.3, 0.4) is 0 Å². The number of benzene rings is 3. The Hall–Kier alpha value is -3.04. The number of carbonyl (C=O) groups is 2. The molecule has 0 aliphatic rings. The summed E-state index contributed by atoms with van der Waals surface area (Å²) in [7, 11) is 3.08. The van der Waals surface area contributed by atoms with Crippen molar-refractivity contribution in [2.75, 3.05) is 14.2 Å². The number of esters is 1. The molecule has 0 saturated heterocycles. The Labute approximate surface area is 238 Å². The molecule has 1 unspecified atom stereocenters. The fourth-order valence-electron chi connectivity index (χ4n) is 4.54. The maximum absolute atomic E-state index is 13.5. The number of carbonyl (C=O) groups excluding carboxylic acids is 2. The molecule has 0 aromatic heterocycles. The van der Waals surface area contributed by atoms with Crippen molar-refractivity contribution in [1.29, 1.82) is 0 Å². The Morgan fingerprint density at radius 1 is 0.769 bits per heavy atom. The molecule has 6 heteroatoms. The van der Waals surface area contributed by atoms with Crippen molar-refractivity contribution < 1.29 is 23.8 Å². The van der Waals surface area contributed by atoms with Gasteiger partial charge < -0.3 is 0 Å². The van der Waals surface area contributed by atoms with Gasteiger partial charge in [0.05, 0.1) is 7.11 Å². The van der Waals surface area contributed by atoms with Gasteiger partial charge in [-0.2, -0.15) is 0 Å². The second-order valence-electron chi connectivity index (χ2n) is 9.61. The molecule has 0 spiro atoms. The van der Waals surface area contributed by atoms with E-state index in [9.17, 15) is 9.59 Å². The number of ether oxygens (including phenoxy) is 3. The van der Waals surface area contributed by atoms with Crippen LogP contribution < -0.4 is 9.47 Å². The average molecular weight is 593 g/mol. The SMILES string of the molecule is CCCCCCC[As](CCc1ccccc1OC)C(=O)Cc1ccc(OCc2ccccc2C(=O)OC)cc1. The monoisotopic (exact) mass is 592 g/mol. The van der Waals surface area contributed by atoms with Crippen LogP contribution in [0, 0.1) is 0 Å². The molecule has 0 aliphatic carbocycles. The van der Waals surface area contributed by atoms with E-state index in [1.807, 2.05) is 54.6 Å². The summed E-state index contributed by atoms with van der Waals surface area (Å²) in [5, 5.41) is 2.05. The Bertz CT molecular complexity index is 1170. The van der Waals surface area contributed by atoms with Gasteiger partial charge in [0.15, 0.2) is 0 Å². The molecule has 0 fully saturated rings. The molecule has 208 valence electrons. The van der Waals surface area contributed by atoms with E-state index in [-0.39, 0.29) is 12.6 Å². The van der Waals surface area contributed by atoms with E-state index in [2.05, 4.69) is 13.0 Å². The zero-order chi connectivity index (χ0) is 27.9. The van der Waals surface area contributed by atoms with Gasteiger partial charge in [0.1, 0.15) is 0 Å². The first-order valence-corrected chi connectivity index (χ1v) is 17.4. The summed E-state index contributed by atoms with van der Waals surface area (Å²) < 4.78 is 16.8. The summed E-state index contributed by atoms with van der Waals surface area (Å²) in [6.45, 7) is 2.49. The second kappa shape index (κ2) is 16.8. The van der Waals surface area contributed by atoms with E-state index < -0.39 is 14.7 Å². The van der Waals surface area contributed by atoms with E-state index in [4.69, 9.17) is 14.2 Å². The van der Waals surface area contributed by atoms with Crippen molar-refractivity contribution in [3.8, 4) is 11.5 Å². The second-order valence-corrected chi connectivity index (χ2v) is 14.8. The van der Waals surface area contributed by atoms with Gasteiger partial charge in [-0.15, -0.1) is 0 Å². The van der Waals surface area contributed by atoms with E-state index in [0.717, 1.165) is 40.1 Å². The fraction of sp³-hybridized carbons (Fsp3) is 0.394. The molecule has 3 rings (SSSR count). The summed E-state index contributed by atoms with van der Waals surface area (Å²) in [6.07, 6.45) is 7.49. The minimum atomic E-state index is -1.69. The third-order valence-corrected chi connectivity index (χ3v) is 12.0. The number of methoxy groups -OCH3 is 2. The molecule has 39 heavy (non-hydrogen) atoms. The third-order valence-electron chi connectivity index (χ3n) is 6.82. The Morgan fingerprint density at radius 3 is 2.18 bits per heavy atom. The van der Waals surface area contributed by atoms with Gasteiger partial charge in [-0.25, -0.2) is 0 Å².